The number of hydrogen-bond acceptors (Lipinski definition) is 3. The fourth-order valence-corrected chi connectivity index (χ4v) is 0.901. The number of nitrogens with two attached hydrogens (primary N) is 1. The smallest absolute Gasteiger partial charge is 0.321 e. The molecule has 76 valence electrons. The number of aromatic amines is 1. The lowest BCUT2D eigenvalue weighted by molar-refractivity contribution is -0.140. The zero-order chi connectivity index (χ0) is 10.6. The molecule has 1 amide bonds. The van der Waals surface area contributed by atoms with Gasteiger partial charge in [-0.1, -0.05) is 0 Å². The molecule has 1 atom stereocenters. The molecule has 6 heteroatoms. The minimum absolute atomic E-state index is 0.236. The molecule has 0 aliphatic rings. The maximum Gasteiger partial charge on any atom is 0.321 e. The van der Waals surface area contributed by atoms with Gasteiger partial charge in [-0.3, -0.25) is 9.59 Å². The van der Waals surface area contributed by atoms with E-state index in [4.69, 9.17) is 10.8 Å². The predicted octanol–water partition coefficient (Wildman–Crippen LogP) is -0.245. The van der Waals surface area contributed by atoms with Crippen molar-refractivity contribution in [1.82, 2.24) is 4.98 Å². The van der Waals surface area contributed by atoms with Gasteiger partial charge in [-0.15, -0.1) is 0 Å². The van der Waals surface area contributed by atoms with E-state index in [0.29, 0.717) is 5.69 Å². The van der Waals surface area contributed by atoms with Gasteiger partial charge in [-0.2, -0.15) is 0 Å². The zero-order valence-electron chi connectivity index (χ0n) is 7.36. The van der Waals surface area contributed by atoms with E-state index in [9.17, 15) is 9.59 Å². The first-order valence-corrected chi connectivity index (χ1v) is 4.00. The summed E-state index contributed by atoms with van der Waals surface area (Å²) in [6.45, 7) is 0. The fraction of sp³-hybridized carbons (Fsp3) is 0.250. The van der Waals surface area contributed by atoms with Crippen molar-refractivity contribution in [2.45, 2.75) is 12.5 Å². The van der Waals surface area contributed by atoms with Crippen LogP contribution in [0.5, 0.6) is 0 Å². The molecule has 0 aliphatic heterocycles. The number of H-pyrrole nitrogens is 1. The van der Waals surface area contributed by atoms with Crippen LogP contribution in [0.1, 0.15) is 6.42 Å². The Bertz CT molecular complexity index is 321. The summed E-state index contributed by atoms with van der Waals surface area (Å²) in [4.78, 5) is 24.2. The third-order valence-corrected chi connectivity index (χ3v) is 1.60. The zero-order valence-corrected chi connectivity index (χ0v) is 7.36. The molecule has 5 N–H and O–H groups in total. The first-order valence-electron chi connectivity index (χ1n) is 4.00. The Balaban J connectivity index is 2.40. The molecule has 0 saturated heterocycles. The lowest BCUT2D eigenvalue weighted by Crippen LogP contribution is -2.34. The molecule has 14 heavy (non-hydrogen) atoms. The van der Waals surface area contributed by atoms with Gasteiger partial charge in [0.2, 0.25) is 5.91 Å². The van der Waals surface area contributed by atoms with Gasteiger partial charge in [0.15, 0.2) is 0 Å². The molecule has 0 aliphatic carbocycles. The van der Waals surface area contributed by atoms with Crippen LogP contribution in [0.25, 0.3) is 0 Å². The second kappa shape index (κ2) is 4.43. The SMILES string of the molecule is NC(CC(=O)Nc1cc[nH]c1)C(=O)O. The third-order valence-electron chi connectivity index (χ3n) is 1.60. The minimum atomic E-state index is -1.19. The van der Waals surface area contributed by atoms with Crippen LogP contribution in [0.4, 0.5) is 5.69 Å². The molecule has 1 aromatic rings. The normalized spacial score (nSPS) is 12.1. The standard InChI is InChI=1S/C8H11N3O3/c9-6(8(13)14)3-7(12)11-5-1-2-10-4-5/h1-2,4,6,10H,3,9H2,(H,11,12)(H,13,14). The van der Waals surface area contributed by atoms with Crippen molar-refractivity contribution in [2.24, 2.45) is 5.73 Å². The number of anilines is 1. The Labute approximate surface area is 80.1 Å². The quantitative estimate of drug-likeness (QED) is 0.534. The van der Waals surface area contributed by atoms with E-state index in [1.807, 2.05) is 0 Å². The lowest BCUT2D eigenvalue weighted by Gasteiger charge is -2.05. The highest BCUT2D eigenvalue weighted by atomic mass is 16.4. The van der Waals surface area contributed by atoms with Gasteiger partial charge in [0.05, 0.1) is 12.1 Å². The molecule has 1 unspecified atom stereocenters. The molecule has 0 fully saturated rings. The molecular formula is C8H11N3O3. The number of aromatic nitrogens is 1. The lowest BCUT2D eigenvalue weighted by atomic mass is 10.2. The Morgan fingerprint density at radius 2 is 2.36 bits per heavy atom. The van der Waals surface area contributed by atoms with E-state index < -0.39 is 17.9 Å². The van der Waals surface area contributed by atoms with Gasteiger partial charge in [0.25, 0.3) is 0 Å². The monoisotopic (exact) mass is 197 g/mol. The van der Waals surface area contributed by atoms with E-state index in [0.717, 1.165) is 0 Å². The van der Waals surface area contributed by atoms with Gasteiger partial charge in [-0.25, -0.2) is 0 Å². The van der Waals surface area contributed by atoms with Crippen LogP contribution < -0.4 is 11.1 Å². The summed E-state index contributed by atoms with van der Waals surface area (Å²) in [5.41, 5.74) is 5.77. The summed E-state index contributed by atoms with van der Waals surface area (Å²) in [7, 11) is 0. The molecule has 1 heterocycles. The van der Waals surface area contributed by atoms with E-state index >= 15 is 0 Å². The molecule has 6 nitrogen and oxygen atoms in total. The maximum atomic E-state index is 11.2. The highest BCUT2D eigenvalue weighted by Gasteiger charge is 2.16. The van der Waals surface area contributed by atoms with E-state index in [1.54, 1.807) is 18.5 Å². The van der Waals surface area contributed by atoms with E-state index in [1.165, 1.54) is 0 Å². The molecule has 0 spiro atoms. The number of amides is 1. The van der Waals surface area contributed by atoms with Crippen molar-refractivity contribution < 1.29 is 14.7 Å². The van der Waals surface area contributed by atoms with Gasteiger partial charge in [0, 0.05) is 12.4 Å². The van der Waals surface area contributed by atoms with E-state index in [-0.39, 0.29) is 6.42 Å². The van der Waals surface area contributed by atoms with E-state index in [2.05, 4.69) is 10.3 Å². The van der Waals surface area contributed by atoms with Crippen LogP contribution in [0.2, 0.25) is 0 Å². The summed E-state index contributed by atoms with van der Waals surface area (Å²) in [5, 5.41) is 10.9. The number of nitrogens with one attached hydrogen (secondary N) is 2. The first-order chi connectivity index (χ1) is 6.59. The summed E-state index contributed by atoms with van der Waals surface area (Å²) in [6, 6.07) is 0.499. The summed E-state index contributed by atoms with van der Waals surface area (Å²) in [6.07, 6.45) is 3.00. The van der Waals surface area contributed by atoms with Crippen LogP contribution in [-0.2, 0) is 9.59 Å². The molecule has 1 rings (SSSR count). The minimum Gasteiger partial charge on any atom is -0.480 e. The average molecular weight is 197 g/mol. The van der Waals surface area contributed by atoms with Crippen molar-refractivity contribution in [3.63, 3.8) is 0 Å². The van der Waals surface area contributed by atoms with Gasteiger partial charge >= 0.3 is 5.97 Å². The Morgan fingerprint density at radius 3 is 2.86 bits per heavy atom. The second-order valence-electron chi connectivity index (χ2n) is 2.80. The highest BCUT2D eigenvalue weighted by Crippen LogP contribution is 2.04. The van der Waals surface area contributed by atoms with Crippen molar-refractivity contribution in [3.8, 4) is 0 Å². The molecule has 0 bridgehead atoms. The maximum absolute atomic E-state index is 11.2. The Morgan fingerprint density at radius 1 is 1.64 bits per heavy atom. The van der Waals surface area contributed by atoms with Crippen molar-refractivity contribution >= 4 is 17.6 Å². The number of carboxylic acid groups (broad SMARTS) is 1. The molecular weight excluding hydrogens is 186 g/mol. The van der Waals surface area contributed by atoms with Crippen LogP contribution in [-0.4, -0.2) is 28.0 Å². The molecule has 1 aromatic heterocycles. The molecule has 0 aromatic carbocycles. The van der Waals surface area contributed by atoms with Crippen molar-refractivity contribution in [2.75, 3.05) is 5.32 Å². The van der Waals surface area contributed by atoms with Crippen LogP contribution in [0.3, 0.4) is 0 Å². The van der Waals surface area contributed by atoms with Crippen LogP contribution in [0, 0.1) is 0 Å². The van der Waals surface area contributed by atoms with Gasteiger partial charge in [-0.05, 0) is 6.07 Å². The first kappa shape index (κ1) is 10.3. The number of carboxylic acids is 1. The summed E-state index contributed by atoms with van der Waals surface area (Å²) >= 11 is 0. The largest absolute Gasteiger partial charge is 0.480 e. The highest BCUT2D eigenvalue weighted by molar-refractivity contribution is 5.93. The number of carbonyl (C=O) groups excluding carboxylic acids is 1. The summed E-state index contributed by atoms with van der Waals surface area (Å²) < 4.78 is 0. The topological polar surface area (TPSA) is 108 Å². The van der Waals surface area contributed by atoms with Crippen molar-refractivity contribution in [3.05, 3.63) is 18.5 Å². The Hall–Kier alpha value is -1.82. The average Bonchev–Trinajstić information content (AvgIpc) is 2.56. The summed E-state index contributed by atoms with van der Waals surface area (Å²) in [5.74, 6) is -1.60. The number of hydrogen-bond donors (Lipinski definition) is 4. The fourth-order valence-electron chi connectivity index (χ4n) is 0.901. The number of rotatable bonds is 4. The van der Waals surface area contributed by atoms with Crippen LogP contribution in [0.15, 0.2) is 18.5 Å². The number of carbonyl (C=O) groups is 2. The van der Waals surface area contributed by atoms with Crippen LogP contribution >= 0.6 is 0 Å². The van der Waals surface area contributed by atoms with Crippen molar-refractivity contribution in [1.29, 1.82) is 0 Å². The molecule has 0 saturated carbocycles. The third kappa shape index (κ3) is 2.91. The predicted molar refractivity (Wildman–Crippen MR) is 49.7 cm³/mol. The van der Waals surface area contributed by atoms with Gasteiger partial charge < -0.3 is 21.1 Å². The van der Waals surface area contributed by atoms with Gasteiger partial charge in [0.1, 0.15) is 6.04 Å². The Kier molecular flexibility index (Phi) is 3.24. The molecule has 0 radical (unpaired) electrons. The number of aliphatic carboxylic acids is 1. The second-order valence-corrected chi connectivity index (χ2v) is 2.80.